The van der Waals surface area contributed by atoms with Crippen LogP contribution >= 0.6 is 0 Å². The maximum Gasteiger partial charge on any atom is 0.0750 e. The van der Waals surface area contributed by atoms with Gasteiger partial charge in [0, 0.05) is 0 Å². The zero-order valence-corrected chi connectivity index (χ0v) is 7.44. The van der Waals surface area contributed by atoms with E-state index in [-0.39, 0.29) is 11.5 Å². The molecular formula is C9H18O. The Hall–Kier alpha value is -0.300. The summed E-state index contributed by atoms with van der Waals surface area (Å²) in [6, 6.07) is 0. The Balaban J connectivity index is 4.09. The number of rotatable bonds is 2. The molecule has 1 atom stereocenters. The van der Waals surface area contributed by atoms with Crippen LogP contribution in [0.3, 0.4) is 0 Å². The van der Waals surface area contributed by atoms with Gasteiger partial charge in [-0.1, -0.05) is 34.3 Å². The second-order valence-electron chi connectivity index (χ2n) is 3.70. The molecule has 0 aliphatic carbocycles. The molecule has 0 aliphatic rings. The monoisotopic (exact) mass is 142 g/mol. The first-order valence-corrected chi connectivity index (χ1v) is 3.77. The number of hydrogen-bond acceptors (Lipinski definition) is 1. The predicted octanol–water partition coefficient (Wildman–Crippen LogP) is 2.36. The molecule has 0 saturated carbocycles. The van der Waals surface area contributed by atoms with E-state index in [0.717, 1.165) is 12.0 Å². The molecule has 10 heavy (non-hydrogen) atoms. The van der Waals surface area contributed by atoms with E-state index in [0.29, 0.717) is 0 Å². The molecule has 0 bridgehead atoms. The molecule has 1 unspecified atom stereocenters. The SMILES string of the molecule is C=C(C(O)CC)C(C)(C)C. The van der Waals surface area contributed by atoms with Crippen molar-refractivity contribution in [1.29, 1.82) is 0 Å². The van der Waals surface area contributed by atoms with E-state index in [2.05, 4.69) is 27.4 Å². The Morgan fingerprint density at radius 1 is 1.50 bits per heavy atom. The lowest BCUT2D eigenvalue weighted by Crippen LogP contribution is -2.20. The van der Waals surface area contributed by atoms with Crippen LogP contribution in [0, 0.1) is 5.41 Å². The van der Waals surface area contributed by atoms with Crippen molar-refractivity contribution < 1.29 is 5.11 Å². The molecule has 0 rings (SSSR count). The molecule has 0 spiro atoms. The molecular weight excluding hydrogens is 124 g/mol. The van der Waals surface area contributed by atoms with Crippen molar-refractivity contribution in [2.75, 3.05) is 0 Å². The molecule has 0 fully saturated rings. The lowest BCUT2D eigenvalue weighted by atomic mass is 9.83. The number of aliphatic hydroxyl groups is 1. The summed E-state index contributed by atoms with van der Waals surface area (Å²) in [4.78, 5) is 0. The molecule has 60 valence electrons. The third kappa shape index (κ3) is 2.53. The lowest BCUT2D eigenvalue weighted by molar-refractivity contribution is 0.182. The van der Waals surface area contributed by atoms with Gasteiger partial charge in [-0.25, -0.2) is 0 Å². The lowest BCUT2D eigenvalue weighted by Gasteiger charge is -2.25. The Kier molecular flexibility index (Phi) is 3.10. The van der Waals surface area contributed by atoms with Gasteiger partial charge in [-0.15, -0.1) is 0 Å². The van der Waals surface area contributed by atoms with E-state index in [1.165, 1.54) is 0 Å². The Morgan fingerprint density at radius 3 is 2.00 bits per heavy atom. The summed E-state index contributed by atoms with van der Waals surface area (Å²) in [5.41, 5.74) is 0.963. The molecule has 0 heterocycles. The van der Waals surface area contributed by atoms with Crippen molar-refractivity contribution in [1.82, 2.24) is 0 Å². The predicted molar refractivity (Wildman–Crippen MR) is 44.9 cm³/mol. The second-order valence-corrected chi connectivity index (χ2v) is 3.70. The largest absolute Gasteiger partial charge is 0.389 e. The number of hydrogen-bond donors (Lipinski definition) is 1. The van der Waals surface area contributed by atoms with Gasteiger partial charge >= 0.3 is 0 Å². The zero-order valence-electron chi connectivity index (χ0n) is 7.44. The van der Waals surface area contributed by atoms with Gasteiger partial charge in [0.25, 0.3) is 0 Å². The molecule has 0 aromatic rings. The Labute approximate surface area is 63.8 Å². The minimum absolute atomic E-state index is 0.0371. The van der Waals surface area contributed by atoms with Gasteiger partial charge < -0.3 is 5.11 Å². The van der Waals surface area contributed by atoms with Crippen LogP contribution in [0.25, 0.3) is 0 Å². The van der Waals surface area contributed by atoms with E-state index >= 15 is 0 Å². The highest BCUT2D eigenvalue weighted by Crippen LogP contribution is 2.27. The summed E-state index contributed by atoms with van der Waals surface area (Å²) in [5, 5.41) is 9.36. The second kappa shape index (κ2) is 3.20. The average Bonchev–Trinajstić information content (AvgIpc) is 1.83. The quantitative estimate of drug-likeness (QED) is 0.587. The highest BCUT2D eigenvalue weighted by Gasteiger charge is 2.19. The van der Waals surface area contributed by atoms with Crippen molar-refractivity contribution >= 4 is 0 Å². The minimum Gasteiger partial charge on any atom is -0.389 e. The fourth-order valence-corrected chi connectivity index (χ4v) is 0.746. The van der Waals surface area contributed by atoms with E-state index in [9.17, 15) is 5.11 Å². The van der Waals surface area contributed by atoms with Crippen LogP contribution in [-0.2, 0) is 0 Å². The van der Waals surface area contributed by atoms with Crippen molar-refractivity contribution in [2.45, 2.75) is 40.2 Å². The van der Waals surface area contributed by atoms with Gasteiger partial charge in [0.15, 0.2) is 0 Å². The van der Waals surface area contributed by atoms with Crippen LogP contribution in [0.1, 0.15) is 34.1 Å². The van der Waals surface area contributed by atoms with Crippen LogP contribution in [0.15, 0.2) is 12.2 Å². The third-order valence-electron chi connectivity index (χ3n) is 1.75. The first-order valence-electron chi connectivity index (χ1n) is 3.77. The molecule has 0 saturated heterocycles. The van der Waals surface area contributed by atoms with E-state index in [1.54, 1.807) is 0 Å². The molecule has 1 N–H and O–H groups in total. The molecule has 0 amide bonds. The van der Waals surface area contributed by atoms with Crippen molar-refractivity contribution in [2.24, 2.45) is 5.41 Å². The summed E-state index contributed by atoms with van der Waals surface area (Å²) in [6.07, 6.45) is 0.427. The standard InChI is InChI=1S/C9H18O/c1-6-8(10)7(2)9(3,4)5/h8,10H,2,6H2,1,3-5H3. The first kappa shape index (κ1) is 9.70. The van der Waals surface area contributed by atoms with Gasteiger partial charge in [-0.2, -0.15) is 0 Å². The van der Waals surface area contributed by atoms with E-state index in [1.807, 2.05) is 6.92 Å². The zero-order chi connectivity index (χ0) is 8.36. The van der Waals surface area contributed by atoms with Crippen molar-refractivity contribution in [3.63, 3.8) is 0 Å². The van der Waals surface area contributed by atoms with Gasteiger partial charge in [-0.05, 0) is 17.4 Å². The maximum atomic E-state index is 9.36. The summed E-state index contributed by atoms with van der Waals surface area (Å²) in [7, 11) is 0. The average molecular weight is 142 g/mol. The number of aliphatic hydroxyl groups excluding tert-OH is 1. The summed E-state index contributed by atoms with van der Waals surface area (Å²) < 4.78 is 0. The van der Waals surface area contributed by atoms with Gasteiger partial charge in [-0.3, -0.25) is 0 Å². The highest BCUT2D eigenvalue weighted by atomic mass is 16.3. The molecule has 0 aromatic heterocycles. The smallest absolute Gasteiger partial charge is 0.0750 e. The summed E-state index contributed by atoms with van der Waals surface area (Å²) >= 11 is 0. The molecule has 1 nitrogen and oxygen atoms in total. The van der Waals surface area contributed by atoms with Crippen LogP contribution < -0.4 is 0 Å². The van der Waals surface area contributed by atoms with Crippen molar-refractivity contribution in [3.05, 3.63) is 12.2 Å². The molecule has 0 aliphatic heterocycles. The van der Waals surface area contributed by atoms with E-state index < -0.39 is 0 Å². The Morgan fingerprint density at radius 2 is 1.90 bits per heavy atom. The first-order chi connectivity index (χ1) is 4.39. The normalized spacial score (nSPS) is 14.9. The van der Waals surface area contributed by atoms with Crippen LogP contribution in [0.2, 0.25) is 0 Å². The molecule has 0 radical (unpaired) electrons. The van der Waals surface area contributed by atoms with Crippen LogP contribution in [-0.4, -0.2) is 11.2 Å². The molecule has 0 aromatic carbocycles. The fourth-order valence-electron chi connectivity index (χ4n) is 0.746. The van der Waals surface area contributed by atoms with Crippen LogP contribution in [0.4, 0.5) is 0 Å². The maximum absolute atomic E-state index is 9.36. The van der Waals surface area contributed by atoms with Crippen LogP contribution in [0.5, 0.6) is 0 Å². The minimum atomic E-state index is -0.333. The molecule has 1 heteroatoms. The fraction of sp³-hybridized carbons (Fsp3) is 0.778. The van der Waals surface area contributed by atoms with Gasteiger partial charge in [0.05, 0.1) is 6.10 Å². The van der Waals surface area contributed by atoms with Gasteiger partial charge in [0.1, 0.15) is 0 Å². The summed E-state index contributed by atoms with van der Waals surface area (Å²) in [6.45, 7) is 12.0. The highest BCUT2D eigenvalue weighted by molar-refractivity contribution is 5.10. The Bertz CT molecular complexity index is 119. The topological polar surface area (TPSA) is 20.2 Å². The summed E-state index contributed by atoms with van der Waals surface area (Å²) in [5.74, 6) is 0. The van der Waals surface area contributed by atoms with E-state index in [4.69, 9.17) is 0 Å². The van der Waals surface area contributed by atoms with Crippen molar-refractivity contribution in [3.8, 4) is 0 Å². The van der Waals surface area contributed by atoms with Gasteiger partial charge in [0.2, 0.25) is 0 Å². The third-order valence-corrected chi connectivity index (χ3v) is 1.75.